The lowest BCUT2D eigenvalue weighted by atomic mass is 10.2. The molecule has 0 radical (unpaired) electrons. The molecule has 0 atom stereocenters. The van der Waals surface area contributed by atoms with Gasteiger partial charge in [-0.2, -0.15) is 0 Å². The van der Waals surface area contributed by atoms with Crippen LogP contribution in [0.5, 0.6) is 0 Å². The number of aryl methyl sites for hydroxylation is 2. The van der Waals surface area contributed by atoms with Crippen LogP contribution in [0.2, 0.25) is 5.02 Å². The first-order chi connectivity index (χ1) is 12.4. The molecule has 3 rings (SSSR count). The monoisotopic (exact) mass is 385 g/mol. The van der Waals surface area contributed by atoms with Gasteiger partial charge in [0.15, 0.2) is 0 Å². The molecule has 134 valence electrons. The zero-order valence-electron chi connectivity index (χ0n) is 14.7. The first kappa shape index (κ1) is 18.5. The van der Waals surface area contributed by atoms with Crippen LogP contribution < -0.4 is 4.31 Å². The molecular weight excluding hydrogens is 366 g/mol. The van der Waals surface area contributed by atoms with E-state index in [0.717, 1.165) is 16.7 Å². The van der Waals surface area contributed by atoms with Crippen molar-refractivity contribution in [2.24, 2.45) is 0 Å². The molecular formula is C21H20ClNO2S. The van der Waals surface area contributed by atoms with E-state index >= 15 is 0 Å². The number of hydrogen-bond donors (Lipinski definition) is 0. The predicted molar refractivity (Wildman–Crippen MR) is 107 cm³/mol. The summed E-state index contributed by atoms with van der Waals surface area (Å²) in [7, 11) is -3.71. The molecule has 0 saturated carbocycles. The second-order valence-electron chi connectivity index (χ2n) is 6.29. The first-order valence-electron chi connectivity index (χ1n) is 8.27. The Labute approximate surface area is 159 Å². The zero-order valence-corrected chi connectivity index (χ0v) is 16.3. The van der Waals surface area contributed by atoms with E-state index in [4.69, 9.17) is 11.6 Å². The van der Waals surface area contributed by atoms with Crippen LogP contribution in [-0.4, -0.2) is 8.42 Å². The van der Waals surface area contributed by atoms with Crippen LogP contribution >= 0.6 is 11.6 Å². The van der Waals surface area contributed by atoms with Crippen LogP contribution in [0, 0.1) is 13.8 Å². The smallest absolute Gasteiger partial charge is 0.262 e. The molecule has 3 aromatic carbocycles. The molecule has 0 amide bonds. The van der Waals surface area contributed by atoms with E-state index in [0.29, 0.717) is 10.7 Å². The normalized spacial score (nSPS) is 11.3. The van der Waals surface area contributed by atoms with Crippen molar-refractivity contribution in [1.29, 1.82) is 0 Å². The molecule has 3 nitrogen and oxygen atoms in total. The Morgan fingerprint density at radius 1 is 0.846 bits per heavy atom. The largest absolute Gasteiger partial charge is 0.264 e. The summed E-state index contributed by atoms with van der Waals surface area (Å²) in [5, 5.41) is 0.583. The van der Waals surface area contributed by atoms with E-state index in [-0.39, 0.29) is 11.4 Å². The van der Waals surface area contributed by atoms with Gasteiger partial charge in [-0.1, -0.05) is 53.6 Å². The van der Waals surface area contributed by atoms with E-state index in [1.165, 1.54) is 4.31 Å². The van der Waals surface area contributed by atoms with Crippen molar-refractivity contribution in [3.05, 3.63) is 94.5 Å². The molecule has 5 heteroatoms. The topological polar surface area (TPSA) is 37.4 Å². The van der Waals surface area contributed by atoms with Crippen LogP contribution in [0.4, 0.5) is 5.69 Å². The molecule has 3 aromatic rings. The molecule has 26 heavy (non-hydrogen) atoms. The van der Waals surface area contributed by atoms with Gasteiger partial charge in [-0.15, -0.1) is 0 Å². The third-order valence-corrected chi connectivity index (χ3v) is 6.14. The average molecular weight is 386 g/mol. The van der Waals surface area contributed by atoms with Gasteiger partial charge in [0, 0.05) is 5.02 Å². The van der Waals surface area contributed by atoms with Gasteiger partial charge in [0.05, 0.1) is 17.1 Å². The molecule has 0 aromatic heterocycles. The van der Waals surface area contributed by atoms with Crippen molar-refractivity contribution in [2.75, 3.05) is 4.31 Å². The Balaban J connectivity index is 2.09. The van der Waals surface area contributed by atoms with Gasteiger partial charge < -0.3 is 0 Å². The third kappa shape index (κ3) is 4.09. The molecule has 0 spiro atoms. The summed E-state index contributed by atoms with van der Waals surface area (Å²) in [4.78, 5) is 0.270. The lowest BCUT2D eigenvalue weighted by Gasteiger charge is -2.25. The minimum atomic E-state index is -3.71. The first-order valence-corrected chi connectivity index (χ1v) is 10.1. The highest BCUT2D eigenvalue weighted by Gasteiger charge is 2.25. The third-order valence-electron chi connectivity index (χ3n) is 4.11. The van der Waals surface area contributed by atoms with Gasteiger partial charge in [0.2, 0.25) is 0 Å². The number of benzene rings is 3. The van der Waals surface area contributed by atoms with E-state index in [2.05, 4.69) is 0 Å². The lowest BCUT2D eigenvalue weighted by molar-refractivity contribution is 0.590. The minimum Gasteiger partial charge on any atom is -0.262 e. The van der Waals surface area contributed by atoms with E-state index in [9.17, 15) is 8.42 Å². The quantitative estimate of drug-likeness (QED) is 0.593. The Morgan fingerprint density at radius 2 is 1.54 bits per heavy atom. The van der Waals surface area contributed by atoms with Gasteiger partial charge >= 0.3 is 0 Å². The van der Waals surface area contributed by atoms with Crippen molar-refractivity contribution in [3.63, 3.8) is 0 Å². The maximum Gasteiger partial charge on any atom is 0.264 e. The van der Waals surface area contributed by atoms with Crippen molar-refractivity contribution < 1.29 is 8.42 Å². The number of sulfonamides is 1. The van der Waals surface area contributed by atoms with Crippen molar-refractivity contribution in [1.82, 2.24) is 0 Å². The standard InChI is InChI=1S/C21H20ClNO2S/c1-16-9-11-21(12-10-16)26(24,25)23(20-8-3-5-17(2)13-20)15-18-6-4-7-19(22)14-18/h3-14H,15H2,1-2H3. The molecule has 0 fully saturated rings. The SMILES string of the molecule is Cc1ccc(S(=O)(=O)N(Cc2cccc(Cl)c2)c2cccc(C)c2)cc1. The summed E-state index contributed by atoms with van der Waals surface area (Å²) in [5.74, 6) is 0. The van der Waals surface area contributed by atoms with Crippen LogP contribution in [-0.2, 0) is 16.6 Å². The van der Waals surface area contributed by atoms with E-state index in [1.54, 1.807) is 36.4 Å². The number of nitrogens with zero attached hydrogens (tertiary/aromatic N) is 1. The number of hydrogen-bond acceptors (Lipinski definition) is 2. The molecule has 0 aliphatic heterocycles. The van der Waals surface area contributed by atoms with Gasteiger partial charge in [-0.05, 0) is 61.4 Å². The summed E-state index contributed by atoms with van der Waals surface area (Å²) in [6.07, 6.45) is 0. The van der Waals surface area contributed by atoms with Crippen LogP contribution in [0.25, 0.3) is 0 Å². The van der Waals surface area contributed by atoms with E-state index < -0.39 is 10.0 Å². The molecule has 0 N–H and O–H groups in total. The van der Waals surface area contributed by atoms with Crippen LogP contribution in [0.1, 0.15) is 16.7 Å². The summed E-state index contributed by atoms with van der Waals surface area (Å²) >= 11 is 6.08. The Bertz CT molecular complexity index is 1010. The highest BCUT2D eigenvalue weighted by Crippen LogP contribution is 2.27. The van der Waals surface area contributed by atoms with E-state index in [1.807, 2.05) is 50.2 Å². The Hall–Kier alpha value is -2.30. The fourth-order valence-corrected chi connectivity index (χ4v) is 4.39. The van der Waals surface area contributed by atoms with Crippen LogP contribution in [0.3, 0.4) is 0 Å². The second kappa shape index (κ2) is 7.52. The van der Waals surface area contributed by atoms with Gasteiger partial charge in [-0.3, -0.25) is 4.31 Å². The average Bonchev–Trinajstić information content (AvgIpc) is 2.60. The van der Waals surface area contributed by atoms with Gasteiger partial charge in [-0.25, -0.2) is 8.42 Å². The lowest BCUT2D eigenvalue weighted by Crippen LogP contribution is -2.30. The van der Waals surface area contributed by atoms with Crippen molar-refractivity contribution >= 4 is 27.3 Å². The van der Waals surface area contributed by atoms with Crippen molar-refractivity contribution in [2.45, 2.75) is 25.3 Å². The van der Waals surface area contributed by atoms with Crippen LogP contribution in [0.15, 0.2) is 77.7 Å². The Morgan fingerprint density at radius 3 is 2.19 bits per heavy atom. The molecule has 0 bridgehead atoms. The highest BCUT2D eigenvalue weighted by atomic mass is 35.5. The summed E-state index contributed by atoms with van der Waals surface area (Å²) in [6.45, 7) is 4.08. The fourth-order valence-electron chi connectivity index (χ4n) is 2.74. The molecule has 0 aliphatic carbocycles. The van der Waals surface area contributed by atoms with Gasteiger partial charge in [0.1, 0.15) is 0 Å². The van der Waals surface area contributed by atoms with Crippen molar-refractivity contribution in [3.8, 4) is 0 Å². The summed E-state index contributed by atoms with van der Waals surface area (Å²) in [5.41, 5.74) is 3.47. The maximum atomic E-state index is 13.3. The number of rotatable bonds is 5. The predicted octanol–water partition coefficient (Wildman–Crippen LogP) is 5.35. The maximum absolute atomic E-state index is 13.3. The second-order valence-corrected chi connectivity index (χ2v) is 8.59. The highest BCUT2D eigenvalue weighted by molar-refractivity contribution is 7.92. The van der Waals surface area contributed by atoms with Gasteiger partial charge in [0.25, 0.3) is 10.0 Å². The summed E-state index contributed by atoms with van der Waals surface area (Å²) in [6, 6.07) is 21.6. The zero-order chi connectivity index (χ0) is 18.7. The molecule has 0 unspecified atom stereocenters. The minimum absolute atomic E-state index is 0.209. The molecule has 0 aliphatic rings. The Kier molecular flexibility index (Phi) is 5.35. The number of halogens is 1. The number of anilines is 1. The molecule has 0 saturated heterocycles. The summed E-state index contributed by atoms with van der Waals surface area (Å²) < 4.78 is 28.1. The molecule has 0 heterocycles. The fraction of sp³-hybridized carbons (Fsp3) is 0.143.